The fraction of sp³-hybridized carbons (Fsp3) is 0.462. The molecule has 0 aliphatic rings. The fourth-order valence-electron chi connectivity index (χ4n) is 1.55. The molecule has 0 heterocycles. The Morgan fingerprint density at radius 2 is 1.89 bits per heavy atom. The molecule has 0 aromatic heterocycles. The Balaban J connectivity index is 2.82. The van der Waals surface area contributed by atoms with Crippen LogP contribution in [0.3, 0.4) is 0 Å². The lowest BCUT2D eigenvalue weighted by molar-refractivity contribution is 0.0937. The van der Waals surface area contributed by atoms with Crippen LogP contribution in [0.5, 0.6) is 0 Å². The van der Waals surface area contributed by atoms with Crippen molar-refractivity contribution in [1.82, 2.24) is 5.32 Å². The Bertz CT molecular complexity index is 476. The molecule has 0 saturated heterocycles. The van der Waals surface area contributed by atoms with E-state index in [1.54, 1.807) is 0 Å². The van der Waals surface area contributed by atoms with E-state index in [4.69, 9.17) is 17.3 Å². The summed E-state index contributed by atoms with van der Waals surface area (Å²) in [6.07, 6.45) is 1.34. The van der Waals surface area contributed by atoms with Crippen LogP contribution < -0.4 is 11.1 Å². The number of amides is 1. The second-order valence-electron chi connectivity index (χ2n) is 4.50. The van der Waals surface area contributed by atoms with Crippen molar-refractivity contribution in [2.75, 3.05) is 6.54 Å². The molecule has 106 valence electrons. The maximum atomic E-state index is 13.5. The van der Waals surface area contributed by atoms with Crippen LogP contribution in [0.15, 0.2) is 12.1 Å². The van der Waals surface area contributed by atoms with Crippen molar-refractivity contribution < 1.29 is 13.6 Å². The lowest BCUT2D eigenvalue weighted by Gasteiger charge is -2.26. The van der Waals surface area contributed by atoms with Gasteiger partial charge in [0.15, 0.2) is 0 Å². The van der Waals surface area contributed by atoms with E-state index < -0.39 is 23.1 Å². The quantitative estimate of drug-likeness (QED) is 0.819. The summed E-state index contributed by atoms with van der Waals surface area (Å²) in [5.74, 6) is -2.40. The van der Waals surface area contributed by atoms with Gasteiger partial charge < -0.3 is 11.1 Å². The van der Waals surface area contributed by atoms with Crippen molar-refractivity contribution in [2.24, 2.45) is 5.73 Å². The van der Waals surface area contributed by atoms with Crippen LogP contribution in [0.25, 0.3) is 0 Å². The number of benzene rings is 1. The summed E-state index contributed by atoms with van der Waals surface area (Å²) in [5.41, 5.74) is 5.09. The zero-order valence-corrected chi connectivity index (χ0v) is 11.7. The smallest absolute Gasteiger partial charge is 0.254 e. The number of hydrogen-bond acceptors (Lipinski definition) is 2. The minimum absolute atomic E-state index is 0.197. The standard InChI is InChI=1S/C13H17ClF2N2O/c1-3-13(17,4-2)7-18-12(19)8-5-11(16)9(14)6-10(8)15/h5-6H,3-4,7,17H2,1-2H3,(H,18,19). The number of carbonyl (C=O) groups excluding carboxylic acids is 1. The third kappa shape index (κ3) is 3.88. The molecule has 0 unspecified atom stereocenters. The van der Waals surface area contributed by atoms with Crippen molar-refractivity contribution in [3.63, 3.8) is 0 Å². The SMILES string of the molecule is CCC(N)(CC)CNC(=O)c1cc(F)c(Cl)cc1F. The van der Waals surface area contributed by atoms with E-state index in [1.807, 2.05) is 13.8 Å². The molecule has 1 rings (SSSR count). The van der Waals surface area contributed by atoms with E-state index in [0.717, 1.165) is 12.1 Å². The number of carbonyl (C=O) groups is 1. The van der Waals surface area contributed by atoms with Gasteiger partial charge >= 0.3 is 0 Å². The summed E-state index contributed by atoms with van der Waals surface area (Å²) < 4.78 is 26.7. The van der Waals surface area contributed by atoms with Crippen molar-refractivity contribution >= 4 is 17.5 Å². The largest absolute Gasteiger partial charge is 0.350 e. The second-order valence-corrected chi connectivity index (χ2v) is 4.91. The molecule has 0 bridgehead atoms. The van der Waals surface area contributed by atoms with Gasteiger partial charge in [-0.3, -0.25) is 4.79 Å². The average Bonchev–Trinajstić information content (AvgIpc) is 2.39. The number of halogens is 3. The molecule has 3 nitrogen and oxygen atoms in total. The number of hydrogen-bond donors (Lipinski definition) is 2. The lowest BCUT2D eigenvalue weighted by atomic mass is 9.94. The van der Waals surface area contributed by atoms with Crippen molar-refractivity contribution in [3.8, 4) is 0 Å². The van der Waals surface area contributed by atoms with E-state index in [1.165, 1.54) is 0 Å². The number of nitrogens with two attached hydrogens (primary N) is 1. The summed E-state index contributed by atoms with van der Waals surface area (Å²) in [7, 11) is 0. The van der Waals surface area contributed by atoms with Crippen molar-refractivity contribution in [3.05, 3.63) is 34.4 Å². The highest BCUT2D eigenvalue weighted by Gasteiger charge is 2.22. The minimum atomic E-state index is -0.862. The first-order chi connectivity index (χ1) is 8.83. The molecule has 0 aliphatic carbocycles. The van der Waals surface area contributed by atoms with E-state index in [2.05, 4.69) is 5.32 Å². The summed E-state index contributed by atoms with van der Waals surface area (Å²) in [5, 5.41) is 2.16. The normalized spacial score (nSPS) is 11.5. The summed E-state index contributed by atoms with van der Waals surface area (Å²) in [6.45, 7) is 4.00. The molecular weight excluding hydrogens is 274 g/mol. The monoisotopic (exact) mass is 290 g/mol. The molecular formula is C13H17ClF2N2O. The van der Waals surface area contributed by atoms with Crippen molar-refractivity contribution in [1.29, 1.82) is 0 Å². The molecule has 1 amide bonds. The van der Waals surface area contributed by atoms with Crippen LogP contribution in [0.2, 0.25) is 5.02 Å². The van der Waals surface area contributed by atoms with E-state index in [0.29, 0.717) is 12.8 Å². The number of nitrogens with one attached hydrogen (secondary N) is 1. The third-order valence-electron chi connectivity index (χ3n) is 3.26. The Morgan fingerprint density at radius 1 is 1.32 bits per heavy atom. The van der Waals surface area contributed by atoms with Gasteiger partial charge in [-0.05, 0) is 25.0 Å². The van der Waals surface area contributed by atoms with Crippen LogP contribution in [0.4, 0.5) is 8.78 Å². The van der Waals surface area contributed by atoms with Gasteiger partial charge in [-0.25, -0.2) is 8.78 Å². The maximum absolute atomic E-state index is 13.5. The Hall–Kier alpha value is -1.20. The molecule has 0 fully saturated rings. The summed E-state index contributed by atoms with van der Waals surface area (Å²) in [6, 6.07) is 1.56. The Morgan fingerprint density at radius 3 is 2.42 bits per heavy atom. The summed E-state index contributed by atoms with van der Waals surface area (Å²) >= 11 is 5.42. The molecule has 0 radical (unpaired) electrons. The summed E-state index contributed by atoms with van der Waals surface area (Å²) in [4.78, 5) is 11.8. The molecule has 0 aliphatic heterocycles. The van der Waals surface area contributed by atoms with E-state index in [9.17, 15) is 13.6 Å². The highest BCUT2D eigenvalue weighted by Crippen LogP contribution is 2.19. The van der Waals surface area contributed by atoms with Crippen molar-refractivity contribution in [2.45, 2.75) is 32.2 Å². The second kappa shape index (κ2) is 6.30. The molecule has 19 heavy (non-hydrogen) atoms. The molecule has 0 saturated carbocycles. The fourth-order valence-corrected chi connectivity index (χ4v) is 1.70. The van der Waals surface area contributed by atoms with Gasteiger partial charge in [-0.15, -0.1) is 0 Å². The molecule has 0 spiro atoms. The Kier molecular flexibility index (Phi) is 5.26. The lowest BCUT2D eigenvalue weighted by Crippen LogP contribution is -2.49. The molecule has 0 atom stereocenters. The molecule has 1 aromatic carbocycles. The van der Waals surface area contributed by atoms with Gasteiger partial charge in [0.1, 0.15) is 11.6 Å². The van der Waals surface area contributed by atoms with Gasteiger partial charge in [0.05, 0.1) is 10.6 Å². The predicted octanol–water partition coefficient (Wildman–Crippen LogP) is 2.87. The van der Waals surface area contributed by atoms with Gasteiger partial charge in [-0.2, -0.15) is 0 Å². The van der Waals surface area contributed by atoms with Gasteiger partial charge in [0.2, 0.25) is 0 Å². The molecule has 1 aromatic rings. The van der Waals surface area contributed by atoms with Gasteiger partial charge in [-0.1, -0.05) is 25.4 Å². The van der Waals surface area contributed by atoms with Gasteiger partial charge in [0.25, 0.3) is 5.91 Å². The van der Waals surface area contributed by atoms with Crippen LogP contribution in [-0.4, -0.2) is 18.0 Å². The first-order valence-electron chi connectivity index (χ1n) is 6.04. The zero-order valence-electron chi connectivity index (χ0n) is 10.9. The topological polar surface area (TPSA) is 55.1 Å². The number of rotatable bonds is 5. The maximum Gasteiger partial charge on any atom is 0.254 e. The zero-order chi connectivity index (χ0) is 14.6. The third-order valence-corrected chi connectivity index (χ3v) is 3.55. The van der Waals surface area contributed by atoms with Crippen LogP contribution in [0.1, 0.15) is 37.0 Å². The van der Waals surface area contributed by atoms with Crippen LogP contribution in [-0.2, 0) is 0 Å². The molecule has 3 N–H and O–H groups in total. The Labute approximate surface area is 116 Å². The van der Waals surface area contributed by atoms with E-state index >= 15 is 0 Å². The highest BCUT2D eigenvalue weighted by molar-refractivity contribution is 6.30. The van der Waals surface area contributed by atoms with E-state index in [-0.39, 0.29) is 17.1 Å². The van der Waals surface area contributed by atoms with Crippen LogP contribution >= 0.6 is 11.6 Å². The highest BCUT2D eigenvalue weighted by atomic mass is 35.5. The first-order valence-corrected chi connectivity index (χ1v) is 6.42. The predicted molar refractivity (Wildman–Crippen MR) is 71.2 cm³/mol. The van der Waals surface area contributed by atoms with Crippen LogP contribution in [0, 0.1) is 11.6 Å². The molecule has 6 heteroatoms. The van der Waals surface area contributed by atoms with Gasteiger partial charge in [0, 0.05) is 12.1 Å². The first kappa shape index (κ1) is 15.9. The minimum Gasteiger partial charge on any atom is -0.350 e. The average molecular weight is 291 g/mol.